The summed E-state index contributed by atoms with van der Waals surface area (Å²) in [6.45, 7) is 0. The molecule has 0 amide bonds. The van der Waals surface area contributed by atoms with E-state index in [1.165, 1.54) is 11.3 Å². The second kappa shape index (κ2) is 2.92. The minimum atomic E-state index is -0.0749. The summed E-state index contributed by atoms with van der Waals surface area (Å²) in [6, 6.07) is 3.19. The van der Waals surface area contributed by atoms with Crippen LogP contribution in [0.4, 0.5) is 0 Å². The molecule has 0 aliphatic heterocycles. The number of phenols is 2. The van der Waals surface area contributed by atoms with Gasteiger partial charge in [-0.25, -0.2) is 0 Å². The van der Waals surface area contributed by atoms with Crippen molar-refractivity contribution in [2.45, 2.75) is 19.3 Å². The number of benzene rings is 1. The molecule has 2 aromatic rings. The molecule has 1 heterocycles. The number of hydrogen-bond acceptors (Lipinski definition) is 2. The van der Waals surface area contributed by atoms with Gasteiger partial charge in [-0.15, -0.1) is 0 Å². The summed E-state index contributed by atoms with van der Waals surface area (Å²) >= 11 is 0. The number of hydrogen-bond donors (Lipinski definition) is 3. The maximum atomic E-state index is 9.45. The van der Waals surface area contributed by atoms with Crippen LogP contribution in [0.5, 0.6) is 11.5 Å². The number of fused-ring (bicyclic) bond motifs is 3. The molecule has 1 aromatic heterocycles. The fraction of sp³-hybridized carbons (Fsp3) is 0.250. The normalized spacial score (nSPS) is 15.5. The molecule has 0 saturated carbocycles. The molecule has 3 rings (SSSR count). The van der Waals surface area contributed by atoms with Crippen LogP contribution in [0, 0.1) is 6.42 Å². The predicted molar refractivity (Wildman–Crippen MR) is 56.9 cm³/mol. The summed E-state index contributed by atoms with van der Waals surface area (Å²) in [7, 11) is 0. The second-order valence-electron chi connectivity index (χ2n) is 3.90. The van der Waals surface area contributed by atoms with E-state index in [2.05, 4.69) is 11.4 Å². The average Bonchev–Trinajstić information content (AvgIpc) is 2.57. The van der Waals surface area contributed by atoms with Crippen LogP contribution in [-0.2, 0) is 12.8 Å². The lowest BCUT2D eigenvalue weighted by Crippen LogP contribution is -2.00. The van der Waals surface area contributed by atoms with Crippen LogP contribution in [0.1, 0.15) is 17.7 Å². The monoisotopic (exact) mass is 201 g/mol. The van der Waals surface area contributed by atoms with E-state index in [9.17, 15) is 10.2 Å². The number of aromatic nitrogens is 1. The number of aromatic hydroxyl groups is 2. The minimum absolute atomic E-state index is 0.0603. The van der Waals surface area contributed by atoms with E-state index >= 15 is 0 Å². The van der Waals surface area contributed by atoms with Gasteiger partial charge in [-0.2, -0.15) is 0 Å². The molecule has 15 heavy (non-hydrogen) atoms. The van der Waals surface area contributed by atoms with Crippen molar-refractivity contribution in [1.29, 1.82) is 0 Å². The van der Waals surface area contributed by atoms with Crippen LogP contribution in [0.3, 0.4) is 0 Å². The molecular formula is C12H11NO2. The molecule has 1 aliphatic rings. The van der Waals surface area contributed by atoms with Crippen LogP contribution < -0.4 is 0 Å². The molecule has 3 heteroatoms. The molecule has 2 radical (unpaired) electrons. The molecule has 0 spiro atoms. The van der Waals surface area contributed by atoms with Crippen LogP contribution in [0.15, 0.2) is 12.1 Å². The lowest BCUT2D eigenvalue weighted by molar-refractivity contribution is 0.405. The first kappa shape index (κ1) is 8.65. The molecule has 1 aliphatic carbocycles. The highest BCUT2D eigenvalue weighted by Gasteiger charge is 2.16. The number of phenolic OH excluding ortho intramolecular Hbond substituents is 2. The molecule has 1 aromatic carbocycles. The summed E-state index contributed by atoms with van der Waals surface area (Å²) in [4.78, 5) is 3.27. The van der Waals surface area contributed by atoms with Crippen molar-refractivity contribution in [3.8, 4) is 11.5 Å². The van der Waals surface area contributed by atoms with Crippen LogP contribution >= 0.6 is 0 Å². The Kier molecular flexibility index (Phi) is 1.69. The van der Waals surface area contributed by atoms with Crippen molar-refractivity contribution in [2.24, 2.45) is 0 Å². The Morgan fingerprint density at radius 3 is 2.87 bits per heavy atom. The standard InChI is InChI=1S/C12H11NO2/c14-11-5-8-7-3-1-2-4-9(7)13-10(8)6-12(11)15/h5-6,13-15H,2-4H2. The first-order valence-corrected chi connectivity index (χ1v) is 5.02. The fourth-order valence-electron chi connectivity index (χ4n) is 2.17. The van der Waals surface area contributed by atoms with Crippen molar-refractivity contribution < 1.29 is 10.2 Å². The van der Waals surface area contributed by atoms with Crippen molar-refractivity contribution in [2.75, 3.05) is 0 Å². The summed E-state index contributed by atoms with van der Waals surface area (Å²) in [6.07, 6.45) is 6.04. The maximum Gasteiger partial charge on any atom is 0.159 e. The van der Waals surface area contributed by atoms with Gasteiger partial charge in [0.05, 0.1) is 0 Å². The van der Waals surface area contributed by atoms with E-state index < -0.39 is 0 Å². The molecule has 76 valence electrons. The molecular weight excluding hydrogens is 190 g/mol. The summed E-state index contributed by atoms with van der Waals surface area (Å²) < 4.78 is 0. The Morgan fingerprint density at radius 2 is 2.00 bits per heavy atom. The fourth-order valence-corrected chi connectivity index (χ4v) is 2.17. The van der Waals surface area contributed by atoms with Gasteiger partial charge in [0, 0.05) is 22.7 Å². The maximum absolute atomic E-state index is 9.45. The number of nitrogens with one attached hydrogen (secondary N) is 1. The van der Waals surface area contributed by atoms with Gasteiger partial charge in [0.2, 0.25) is 0 Å². The third-order valence-electron chi connectivity index (χ3n) is 2.94. The zero-order valence-electron chi connectivity index (χ0n) is 8.17. The summed E-state index contributed by atoms with van der Waals surface area (Å²) in [5, 5.41) is 19.8. The highest BCUT2D eigenvalue weighted by atomic mass is 16.3. The van der Waals surface area contributed by atoms with Crippen LogP contribution in [0.2, 0.25) is 0 Å². The van der Waals surface area contributed by atoms with Gasteiger partial charge in [0.15, 0.2) is 11.5 Å². The van der Waals surface area contributed by atoms with Gasteiger partial charge in [-0.3, -0.25) is 0 Å². The topological polar surface area (TPSA) is 56.2 Å². The molecule has 0 atom stereocenters. The van der Waals surface area contributed by atoms with Gasteiger partial charge in [-0.05, 0) is 37.3 Å². The Hall–Kier alpha value is -1.64. The van der Waals surface area contributed by atoms with Crippen LogP contribution in [-0.4, -0.2) is 15.2 Å². The molecule has 0 fully saturated rings. The van der Waals surface area contributed by atoms with E-state index in [1.807, 2.05) is 0 Å². The smallest absolute Gasteiger partial charge is 0.159 e. The number of aryl methyl sites for hydroxylation is 1. The quantitative estimate of drug-likeness (QED) is 0.572. The minimum Gasteiger partial charge on any atom is -0.504 e. The van der Waals surface area contributed by atoms with E-state index in [0.29, 0.717) is 0 Å². The molecule has 0 saturated heterocycles. The van der Waals surface area contributed by atoms with Crippen molar-refractivity contribution in [1.82, 2.24) is 4.98 Å². The van der Waals surface area contributed by atoms with Gasteiger partial charge in [0.25, 0.3) is 0 Å². The molecule has 3 N–H and O–H groups in total. The third-order valence-corrected chi connectivity index (χ3v) is 2.94. The third kappa shape index (κ3) is 1.19. The summed E-state index contributed by atoms with van der Waals surface area (Å²) in [5.41, 5.74) is 3.29. The lowest BCUT2D eigenvalue weighted by atomic mass is 9.95. The largest absolute Gasteiger partial charge is 0.504 e. The number of aromatic amines is 1. The average molecular weight is 201 g/mol. The zero-order chi connectivity index (χ0) is 10.4. The zero-order valence-corrected chi connectivity index (χ0v) is 8.17. The Morgan fingerprint density at radius 1 is 1.20 bits per heavy atom. The first-order chi connectivity index (χ1) is 7.25. The van der Waals surface area contributed by atoms with Gasteiger partial charge < -0.3 is 15.2 Å². The highest BCUT2D eigenvalue weighted by molar-refractivity contribution is 5.88. The van der Waals surface area contributed by atoms with E-state index in [4.69, 9.17) is 0 Å². The van der Waals surface area contributed by atoms with Gasteiger partial charge >= 0.3 is 0 Å². The highest BCUT2D eigenvalue weighted by Crippen LogP contribution is 2.35. The van der Waals surface area contributed by atoms with Crippen molar-refractivity contribution >= 4 is 10.9 Å². The van der Waals surface area contributed by atoms with Gasteiger partial charge in [-0.1, -0.05) is 0 Å². The van der Waals surface area contributed by atoms with E-state index in [1.54, 1.807) is 12.1 Å². The molecule has 0 bridgehead atoms. The van der Waals surface area contributed by atoms with Crippen LogP contribution in [0.25, 0.3) is 10.9 Å². The number of H-pyrrole nitrogens is 1. The van der Waals surface area contributed by atoms with E-state index in [0.717, 1.165) is 30.2 Å². The SMILES string of the molecule is Oc1cc2[nH]c3c(c2cc1O)C[C]CC3. The second-order valence-corrected chi connectivity index (χ2v) is 3.90. The lowest BCUT2D eigenvalue weighted by Gasteiger charge is -2.09. The first-order valence-electron chi connectivity index (χ1n) is 5.02. The van der Waals surface area contributed by atoms with E-state index in [-0.39, 0.29) is 11.5 Å². The Bertz CT molecular complexity index is 528. The van der Waals surface area contributed by atoms with Gasteiger partial charge in [0.1, 0.15) is 0 Å². The molecule has 3 nitrogen and oxygen atoms in total. The number of rotatable bonds is 0. The Balaban J connectivity index is 2.33. The van der Waals surface area contributed by atoms with Crippen molar-refractivity contribution in [3.63, 3.8) is 0 Å². The Labute approximate surface area is 87.4 Å². The van der Waals surface area contributed by atoms with Crippen molar-refractivity contribution in [3.05, 3.63) is 29.8 Å². The summed E-state index contributed by atoms with van der Waals surface area (Å²) in [5.74, 6) is -0.135. The molecule has 0 unspecified atom stereocenters. The predicted octanol–water partition coefficient (Wildman–Crippen LogP) is 2.15.